The fourth-order valence-corrected chi connectivity index (χ4v) is 3.57. The summed E-state index contributed by atoms with van der Waals surface area (Å²) in [5.41, 5.74) is 3.98. The maximum atomic E-state index is 12.1. The number of nitrogens with one attached hydrogen (secondary N) is 1. The molecule has 1 aliphatic rings. The summed E-state index contributed by atoms with van der Waals surface area (Å²) >= 11 is 3.50. The Morgan fingerprint density at radius 1 is 1.45 bits per heavy atom. The van der Waals surface area contributed by atoms with E-state index in [0.717, 1.165) is 39.6 Å². The highest BCUT2D eigenvalue weighted by atomic mass is 79.9. The van der Waals surface area contributed by atoms with Crippen molar-refractivity contribution in [2.75, 3.05) is 13.7 Å². The zero-order chi connectivity index (χ0) is 16.5. The first-order chi connectivity index (χ1) is 10.3. The molecule has 0 aliphatic heterocycles. The first-order valence-corrected chi connectivity index (χ1v) is 7.45. The summed E-state index contributed by atoms with van der Waals surface area (Å²) < 4.78 is 42.6. The number of carbonyl (C=O) groups is 1. The van der Waals surface area contributed by atoms with Gasteiger partial charge in [-0.05, 0) is 58.0 Å². The minimum Gasteiger partial charge on any atom is -0.495 e. The molecule has 0 spiro atoms. The number of amides is 1. The Morgan fingerprint density at radius 2 is 2.14 bits per heavy atom. The number of allylic oxidation sites excluding steroid dienone is 1. The zero-order valence-corrected chi connectivity index (χ0v) is 13.7. The Labute approximate surface area is 134 Å². The van der Waals surface area contributed by atoms with Crippen molar-refractivity contribution in [1.29, 1.82) is 0 Å². The molecule has 0 bridgehead atoms. The maximum Gasteiger partial charge on any atom is 0.471 e. The Hall–Kier alpha value is -1.50. The molecule has 1 aromatic carbocycles. The van der Waals surface area contributed by atoms with Gasteiger partial charge in [-0.2, -0.15) is 13.2 Å². The number of methoxy groups -OCH3 is 1. The van der Waals surface area contributed by atoms with Crippen LogP contribution in [-0.4, -0.2) is 25.7 Å². The highest BCUT2D eigenvalue weighted by Crippen LogP contribution is 2.43. The number of halogens is 4. The Balaban J connectivity index is 2.21. The molecule has 1 N–H and O–H groups in total. The van der Waals surface area contributed by atoms with Crippen LogP contribution in [0.3, 0.4) is 0 Å². The third kappa shape index (κ3) is 3.29. The zero-order valence-electron chi connectivity index (χ0n) is 12.1. The third-order valence-electron chi connectivity index (χ3n) is 3.55. The first-order valence-electron chi connectivity index (χ1n) is 6.66. The lowest BCUT2D eigenvalue weighted by atomic mass is 10.0. The van der Waals surface area contributed by atoms with Gasteiger partial charge < -0.3 is 10.1 Å². The molecule has 1 aromatic rings. The van der Waals surface area contributed by atoms with Crippen LogP contribution in [0.15, 0.2) is 16.6 Å². The molecule has 0 fully saturated rings. The van der Waals surface area contributed by atoms with E-state index in [1.807, 2.05) is 18.3 Å². The van der Waals surface area contributed by atoms with E-state index in [4.69, 9.17) is 4.74 Å². The fourth-order valence-electron chi connectivity index (χ4n) is 2.59. The second-order valence-electron chi connectivity index (χ2n) is 5.01. The van der Waals surface area contributed by atoms with Crippen molar-refractivity contribution in [1.82, 2.24) is 5.32 Å². The van der Waals surface area contributed by atoms with Crippen molar-refractivity contribution in [2.45, 2.75) is 25.9 Å². The lowest BCUT2D eigenvalue weighted by molar-refractivity contribution is -0.173. The van der Waals surface area contributed by atoms with Gasteiger partial charge in [-0.3, -0.25) is 4.79 Å². The van der Waals surface area contributed by atoms with Crippen LogP contribution in [0.25, 0.3) is 5.57 Å². The van der Waals surface area contributed by atoms with E-state index >= 15 is 0 Å². The molecule has 0 saturated heterocycles. The summed E-state index contributed by atoms with van der Waals surface area (Å²) in [6.45, 7) is 1.78. The lowest BCUT2D eigenvalue weighted by Gasteiger charge is -2.13. The van der Waals surface area contributed by atoms with E-state index in [1.165, 1.54) is 0 Å². The summed E-state index contributed by atoms with van der Waals surface area (Å²) in [6, 6.07) is 2.02. The summed E-state index contributed by atoms with van der Waals surface area (Å²) in [4.78, 5) is 10.8. The van der Waals surface area contributed by atoms with E-state index in [9.17, 15) is 18.0 Å². The summed E-state index contributed by atoms with van der Waals surface area (Å²) in [6.07, 6.45) is -1.69. The quantitative estimate of drug-likeness (QED) is 0.870. The van der Waals surface area contributed by atoms with E-state index in [-0.39, 0.29) is 6.54 Å². The van der Waals surface area contributed by atoms with Crippen LogP contribution in [0.1, 0.15) is 23.1 Å². The highest BCUT2D eigenvalue weighted by molar-refractivity contribution is 9.10. The molecule has 22 heavy (non-hydrogen) atoms. The van der Waals surface area contributed by atoms with Gasteiger partial charge in [-0.25, -0.2) is 0 Å². The highest BCUT2D eigenvalue weighted by Gasteiger charge is 2.38. The molecule has 0 radical (unpaired) electrons. The second kappa shape index (κ2) is 6.32. The average molecular weight is 378 g/mol. The van der Waals surface area contributed by atoms with Crippen LogP contribution in [0.4, 0.5) is 13.2 Å². The number of carbonyl (C=O) groups excluding carboxylic acids is 1. The van der Waals surface area contributed by atoms with E-state index < -0.39 is 12.1 Å². The van der Waals surface area contributed by atoms with Crippen molar-refractivity contribution in [3.05, 3.63) is 33.3 Å². The van der Waals surface area contributed by atoms with Crippen LogP contribution < -0.4 is 10.1 Å². The van der Waals surface area contributed by atoms with Crippen LogP contribution >= 0.6 is 15.9 Å². The largest absolute Gasteiger partial charge is 0.495 e. The molecule has 0 unspecified atom stereocenters. The summed E-state index contributed by atoms with van der Waals surface area (Å²) in [7, 11) is 1.57. The predicted molar refractivity (Wildman–Crippen MR) is 80.8 cm³/mol. The van der Waals surface area contributed by atoms with Crippen LogP contribution in [-0.2, 0) is 11.2 Å². The van der Waals surface area contributed by atoms with Crippen molar-refractivity contribution in [3.8, 4) is 5.75 Å². The third-order valence-corrected chi connectivity index (χ3v) is 4.30. The molecule has 0 heterocycles. The van der Waals surface area contributed by atoms with Crippen molar-refractivity contribution in [3.63, 3.8) is 0 Å². The summed E-state index contributed by atoms with van der Waals surface area (Å²) in [5.74, 6) is -1.21. The first kappa shape index (κ1) is 16.9. The fraction of sp³-hybridized carbons (Fsp3) is 0.400. The molecule has 1 aliphatic carbocycles. The monoisotopic (exact) mass is 377 g/mol. The molecule has 0 aromatic heterocycles. The number of ether oxygens (including phenoxy) is 1. The number of alkyl halides is 3. The van der Waals surface area contributed by atoms with Gasteiger partial charge in [0, 0.05) is 6.54 Å². The Kier molecular flexibility index (Phi) is 4.84. The number of aryl methyl sites for hydroxylation is 2. The van der Waals surface area contributed by atoms with Gasteiger partial charge in [0.15, 0.2) is 0 Å². The van der Waals surface area contributed by atoms with Crippen molar-refractivity contribution in [2.24, 2.45) is 0 Å². The topological polar surface area (TPSA) is 38.3 Å². The van der Waals surface area contributed by atoms with E-state index in [0.29, 0.717) is 5.75 Å². The second-order valence-corrected chi connectivity index (χ2v) is 5.80. The smallest absolute Gasteiger partial charge is 0.471 e. The number of fused-ring (bicyclic) bond motifs is 1. The van der Waals surface area contributed by atoms with E-state index in [1.54, 1.807) is 13.2 Å². The van der Waals surface area contributed by atoms with Gasteiger partial charge in [-0.1, -0.05) is 12.1 Å². The standard InChI is InChI=1S/C15H15BrF3NO2/c1-8-7-10-4-3-9(11(10)12(16)13(8)22-2)5-6-20-14(21)15(17,18)19/h5,7H,3-4,6H2,1-2H3,(H,20,21). The van der Waals surface area contributed by atoms with Gasteiger partial charge in [0.25, 0.3) is 0 Å². The molecular formula is C15H15BrF3NO2. The van der Waals surface area contributed by atoms with Gasteiger partial charge in [0.2, 0.25) is 0 Å². The SMILES string of the molecule is COc1c(C)cc2c(c1Br)C(=CCNC(=O)C(F)(F)F)CC2. The van der Waals surface area contributed by atoms with Crippen LogP contribution in [0.2, 0.25) is 0 Å². The molecular weight excluding hydrogens is 363 g/mol. The molecule has 3 nitrogen and oxygen atoms in total. The van der Waals surface area contributed by atoms with Crippen molar-refractivity contribution < 1.29 is 22.7 Å². The average Bonchev–Trinajstić information content (AvgIpc) is 2.81. The Morgan fingerprint density at radius 3 is 2.73 bits per heavy atom. The number of benzene rings is 1. The minimum absolute atomic E-state index is 0.157. The van der Waals surface area contributed by atoms with Gasteiger partial charge in [0.05, 0.1) is 11.6 Å². The van der Waals surface area contributed by atoms with Crippen molar-refractivity contribution >= 4 is 27.4 Å². The molecule has 0 saturated carbocycles. The molecule has 2 rings (SSSR count). The number of rotatable bonds is 3. The molecule has 120 valence electrons. The molecule has 0 atom stereocenters. The van der Waals surface area contributed by atoms with Crippen LogP contribution in [0, 0.1) is 6.92 Å². The number of hydrogen-bond acceptors (Lipinski definition) is 2. The number of hydrogen-bond donors (Lipinski definition) is 1. The minimum atomic E-state index is -4.85. The predicted octanol–water partition coefficient (Wildman–Crippen LogP) is 3.77. The van der Waals surface area contributed by atoms with Gasteiger partial charge in [0.1, 0.15) is 5.75 Å². The normalized spacial score (nSPS) is 15.8. The molecule has 1 amide bonds. The lowest BCUT2D eigenvalue weighted by Crippen LogP contribution is -2.36. The Bertz CT molecular complexity index is 639. The summed E-state index contributed by atoms with van der Waals surface area (Å²) in [5, 5.41) is 1.85. The van der Waals surface area contributed by atoms with Crippen LogP contribution in [0.5, 0.6) is 5.75 Å². The molecule has 7 heteroatoms. The van der Waals surface area contributed by atoms with Gasteiger partial charge in [-0.15, -0.1) is 0 Å². The van der Waals surface area contributed by atoms with Gasteiger partial charge >= 0.3 is 12.1 Å². The van der Waals surface area contributed by atoms with E-state index in [2.05, 4.69) is 15.9 Å². The maximum absolute atomic E-state index is 12.1.